The van der Waals surface area contributed by atoms with Crippen LogP contribution in [-0.2, 0) is 11.2 Å². The van der Waals surface area contributed by atoms with Crippen molar-refractivity contribution in [3.05, 3.63) is 65.9 Å². The van der Waals surface area contributed by atoms with Crippen LogP contribution in [0, 0.1) is 5.92 Å². The normalized spacial score (nSPS) is 25.0. The summed E-state index contributed by atoms with van der Waals surface area (Å²) in [4.78, 5) is 19.6. The van der Waals surface area contributed by atoms with E-state index in [1.807, 2.05) is 6.20 Å². The minimum Gasteiger partial charge on any atom is -0.380 e. The van der Waals surface area contributed by atoms with E-state index in [2.05, 4.69) is 69.0 Å². The molecule has 2 fully saturated rings. The van der Waals surface area contributed by atoms with E-state index in [0.717, 1.165) is 50.8 Å². The van der Waals surface area contributed by atoms with Gasteiger partial charge in [-0.15, -0.1) is 0 Å². The number of fused-ring (bicyclic) bond motifs is 2. The minimum atomic E-state index is -0.0813. The average Bonchev–Trinajstić information content (AvgIpc) is 3.56. The predicted molar refractivity (Wildman–Crippen MR) is 124 cm³/mol. The average molecular weight is 415 g/mol. The van der Waals surface area contributed by atoms with Crippen molar-refractivity contribution in [2.24, 2.45) is 5.92 Å². The van der Waals surface area contributed by atoms with E-state index in [9.17, 15) is 4.79 Å². The molecule has 5 nitrogen and oxygen atoms in total. The van der Waals surface area contributed by atoms with Crippen molar-refractivity contribution in [3.63, 3.8) is 0 Å². The second-order valence-corrected chi connectivity index (χ2v) is 9.31. The molecule has 3 aliphatic rings. The van der Waals surface area contributed by atoms with Crippen molar-refractivity contribution < 1.29 is 4.79 Å². The molecule has 1 saturated heterocycles. The number of Topliss-reactive ketones (excluding diaryl/α,β-unsaturated/α-hetero) is 1. The fourth-order valence-electron chi connectivity index (χ4n) is 5.64. The maximum absolute atomic E-state index is 13.7. The van der Waals surface area contributed by atoms with E-state index in [4.69, 9.17) is 0 Å². The maximum atomic E-state index is 13.7. The van der Waals surface area contributed by atoms with Crippen LogP contribution in [0.15, 0.2) is 54.7 Å². The van der Waals surface area contributed by atoms with Crippen molar-refractivity contribution >= 4 is 22.4 Å². The van der Waals surface area contributed by atoms with Gasteiger partial charge in [0, 0.05) is 60.4 Å². The Morgan fingerprint density at radius 3 is 2.84 bits per heavy atom. The summed E-state index contributed by atoms with van der Waals surface area (Å²) < 4.78 is 0. The summed E-state index contributed by atoms with van der Waals surface area (Å²) in [5, 5.41) is 8.63. The highest BCUT2D eigenvalue weighted by atomic mass is 16.1. The third-order valence-electron chi connectivity index (χ3n) is 7.37. The molecule has 3 atom stereocenters. The Morgan fingerprint density at radius 1 is 1.03 bits per heavy atom. The summed E-state index contributed by atoms with van der Waals surface area (Å²) in [5.74, 6) is 0.701. The van der Waals surface area contributed by atoms with E-state index in [-0.39, 0.29) is 24.0 Å². The second kappa shape index (κ2) is 7.81. The molecule has 3 aromatic rings. The highest BCUT2D eigenvalue weighted by molar-refractivity contribution is 5.90. The molecule has 1 aliphatic carbocycles. The third-order valence-corrected chi connectivity index (χ3v) is 7.37. The van der Waals surface area contributed by atoms with Crippen LogP contribution in [0.3, 0.4) is 0 Å². The van der Waals surface area contributed by atoms with Gasteiger partial charge < -0.3 is 15.6 Å². The van der Waals surface area contributed by atoms with Crippen LogP contribution in [0.25, 0.3) is 10.9 Å². The molecule has 2 aromatic carbocycles. The molecule has 0 spiro atoms. The molecule has 3 unspecified atom stereocenters. The summed E-state index contributed by atoms with van der Waals surface area (Å²) in [7, 11) is 0. The molecule has 1 aromatic heterocycles. The first-order chi connectivity index (χ1) is 15.3. The number of H-pyrrole nitrogens is 1. The number of aromatic nitrogens is 1. The first-order valence-electron chi connectivity index (χ1n) is 11.7. The van der Waals surface area contributed by atoms with Crippen molar-refractivity contribution in [1.29, 1.82) is 0 Å². The van der Waals surface area contributed by atoms with Gasteiger partial charge in [-0.1, -0.05) is 30.3 Å². The van der Waals surface area contributed by atoms with Crippen LogP contribution < -0.4 is 10.6 Å². The van der Waals surface area contributed by atoms with Crippen LogP contribution >= 0.6 is 0 Å². The Labute approximate surface area is 183 Å². The van der Waals surface area contributed by atoms with Gasteiger partial charge in [-0.3, -0.25) is 9.69 Å². The molecule has 2 aliphatic heterocycles. The summed E-state index contributed by atoms with van der Waals surface area (Å²) in [6.45, 7) is 2.70. The van der Waals surface area contributed by atoms with E-state index in [1.165, 1.54) is 22.2 Å². The Kier molecular flexibility index (Phi) is 4.81. The smallest absolute Gasteiger partial charge is 0.155 e. The lowest BCUT2D eigenvalue weighted by molar-refractivity contribution is -0.127. The fraction of sp³-hybridized carbons (Fsp3) is 0.423. The first kappa shape index (κ1) is 19.1. The zero-order valence-corrected chi connectivity index (χ0v) is 17.8. The molecular weight excluding hydrogens is 384 g/mol. The Bertz CT molecular complexity index is 1100. The Hall–Kier alpha value is -2.63. The van der Waals surface area contributed by atoms with Crippen molar-refractivity contribution in [3.8, 4) is 0 Å². The largest absolute Gasteiger partial charge is 0.380 e. The van der Waals surface area contributed by atoms with E-state index < -0.39 is 0 Å². The number of nitrogens with zero attached hydrogens (tertiary/aromatic N) is 1. The van der Waals surface area contributed by atoms with Crippen molar-refractivity contribution in [2.45, 2.75) is 43.8 Å². The molecule has 0 amide bonds. The number of ketones is 1. The van der Waals surface area contributed by atoms with Crippen molar-refractivity contribution in [2.75, 3.05) is 25.0 Å². The summed E-state index contributed by atoms with van der Waals surface area (Å²) in [5.41, 5.74) is 5.05. The standard InChI is InChI=1S/C26H30N4O/c31-26(18-8-9-18)25(23-11-10-17-4-1-2-6-21(17)29-23)30-15-14-27-16-24(30)20-5-3-7-22-19(20)12-13-28-22/h1-7,12-13,18,23-25,27-29H,8-11,14-16H2. The molecule has 160 valence electrons. The minimum absolute atomic E-state index is 0.0813. The van der Waals surface area contributed by atoms with Gasteiger partial charge in [-0.2, -0.15) is 0 Å². The number of aryl methyl sites for hydroxylation is 1. The molecule has 6 rings (SSSR count). The molecule has 0 radical (unpaired) electrons. The van der Waals surface area contributed by atoms with Gasteiger partial charge in [0.1, 0.15) is 0 Å². The van der Waals surface area contributed by atoms with Gasteiger partial charge >= 0.3 is 0 Å². The topological polar surface area (TPSA) is 60.2 Å². The number of para-hydroxylation sites is 1. The summed E-state index contributed by atoms with van der Waals surface area (Å²) in [6.07, 6.45) is 6.17. The second-order valence-electron chi connectivity index (χ2n) is 9.31. The Balaban J connectivity index is 1.38. The molecule has 31 heavy (non-hydrogen) atoms. The Morgan fingerprint density at radius 2 is 1.94 bits per heavy atom. The number of rotatable bonds is 5. The van der Waals surface area contributed by atoms with Crippen LogP contribution in [0.4, 0.5) is 5.69 Å². The van der Waals surface area contributed by atoms with Gasteiger partial charge in [-0.25, -0.2) is 0 Å². The number of benzene rings is 2. The van der Waals surface area contributed by atoms with Gasteiger partial charge in [0.05, 0.1) is 6.04 Å². The number of carbonyl (C=O) groups excluding carboxylic acids is 1. The monoisotopic (exact) mass is 414 g/mol. The summed E-state index contributed by atoms with van der Waals surface area (Å²) in [6, 6.07) is 17.5. The van der Waals surface area contributed by atoms with E-state index in [1.54, 1.807) is 0 Å². The first-order valence-corrected chi connectivity index (χ1v) is 11.7. The van der Waals surface area contributed by atoms with Crippen LogP contribution in [0.5, 0.6) is 0 Å². The zero-order valence-electron chi connectivity index (χ0n) is 17.8. The predicted octanol–water partition coefficient (Wildman–Crippen LogP) is 3.89. The number of anilines is 1. The number of hydrogen-bond donors (Lipinski definition) is 3. The van der Waals surface area contributed by atoms with E-state index in [0.29, 0.717) is 5.78 Å². The molecular formula is C26H30N4O. The van der Waals surface area contributed by atoms with Gasteiger partial charge in [0.15, 0.2) is 5.78 Å². The molecule has 0 bridgehead atoms. The number of nitrogens with one attached hydrogen (secondary N) is 3. The molecule has 1 saturated carbocycles. The zero-order chi connectivity index (χ0) is 20.8. The number of carbonyl (C=O) groups is 1. The molecule has 5 heteroatoms. The maximum Gasteiger partial charge on any atom is 0.155 e. The third kappa shape index (κ3) is 3.46. The highest BCUT2D eigenvalue weighted by Gasteiger charge is 2.45. The lowest BCUT2D eigenvalue weighted by Crippen LogP contribution is -2.59. The summed E-state index contributed by atoms with van der Waals surface area (Å²) >= 11 is 0. The fourth-order valence-corrected chi connectivity index (χ4v) is 5.64. The lowest BCUT2D eigenvalue weighted by atomic mass is 9.87. The molecule has 3 N–H and O–H groups in total. The quantitative estimate of drug-likeness (QED) is 0.593. The van der Waals surface area contributed by atoms with Gasteiger partial charge in [0.2, 0.25) is 0 Å². The number of piperazine rings is 1. The van der Waals surface area contributed by atoms with Gasteiger partial charge in [-0.05, 0) is 55.0 Å². The van der Waals surface area contributed by atoms with E-state index >= 15 is 0 Å². The van der Waals surface area contributed by atoms with Crippen LogP contribution in [0.1, 0.15) is 36.4 Å². The van der Waals surface area contributed by atoms with Crippen LogP contribution in [-0.4, -0.2) is 47.4 Å². The van der Waals surface area contributed by atoms with Crippen molar-refractivity contribution in [1.82, 2.24) is 15.2 Å². The molecule has 3 heterocycles. The SMILES string of the molecule is O=C(C1CC1)C(C1CCc2ccccc2N1)N1CCNCC1c1cccc2[nH]ccc12. The number of aromatic amines is 1. The lowest BCUT2D eigenvalue weighted by Gasteiger charge is -2.45. The highest BCUT2D eigenvalue weighted by Crippen LogP contribution is 2.39. The number of hydrogen-bond acceptors (Lipinski definition) is 4. The van der Waals surface area contributed by atoms with Crippen LogP contribution in [0.2, 0.25) is 0 Å². The van der Waals surface area contributed by atoms with Gasteiger partial charge in [0.25, 0.3) is 0 Å².